The van der Waals surface area contributed by atoms with Crippen molar-refractivity contribution in [2.24, 2.45) is 5.92 Å². The topological polar surface area (TPSA) is 3.24 Å². The SMILES string of the molecule is CC(C)CC12C[C@H](C)N(C)I1C2. The molecule has 1 unspecified atom stereocenters. The van der Waals surface area contributed by atoms with Crippen molar-refractivity contribution in [3.63, 3.8) is 0 Å². The summed E-state index contributed by atoms with van der Waals surface area (Å²) in [6.07, 6.45) is 3.04. The van der Waals surface area contributed by atoms with Gasteiger partial charge in [-0.15, -0.1) is 0 Å². The van der Waals surface area contributed by atoms with E-state index >= 15 is 0 Å². The molecule has 0 aromatic rings. The second-order valence-electron chi connectivity index (χ2n) is 4.80. The molecule has 2 heteroatoms. The molecule has 2 aliphatic rings. The van der Waals surface area contributed by atoms with Crippen LogP contribution in [0.1, 0.15) is 33.6 Å². The van der Waals surface area contributed by atoms with E-state index in [4.69, 9.17) is 0 Å². The van der Waals surface area contributed by atoms with Gasteiger partial charge in [0.2, 0.25) is 0 Å². The van der Waals surface area contributed by atoms with E-state index < -0.39 is 20.1 Å². The Hall–Kier alpha value is 0.690. The van der Waals surface area contributed by atoms with E-state index in [1.54, 1.807) is 4.43 Å². The van der Waals surface area contributed by atoms with Gasteiger partial charge in [0.05, 0.1) is 0 Å². The number of halogens is 1. The van der Waals surface area contributed by atoms with Crippen LogP contribution in [0.2, 0.25) is 0 Å². The average molecular weight is 281 g/mol. The first-order chi connectivity index (χ1) is 5.55. The minimum absolute atomic E-state index is 0.564. The van der Waals surface area contributed by atoms with E-state index in [0.29, 0.717) is 0 Å². The molecule has 0 radical (unpaired) electrons. The van der Waals surface area contributed by atoms with Crippen molar-refractivity contribution < 1.29 is 0 Å². The molecule has 0 bridgehead atoms. The van der Waals surface area contributed by atoms with Crippen LogP contribution < -0.4 is 0 Å². The Morgan fingerprint density at radius 3 is 2.67 bits per heavy atom. The van der Waals surface area contributed by atoms with Crippen LogP contribution in [0.15, 0.2) is 0 Å². The van der Waals surface area contributed by atoms with Gasteiger partial charge in [-0.1, -0.05) is 0 Å². The van der Waals surface area contributed by atoms with E-state index in [0.717, 1.165) is 15.4 Å². The molecule has 2 saturated heterocycles. The van der Waals surface area contributed by atoms with Gasteiger partial charge in [-0.2, -0.15) is 0 Å². The number of alkyl halides is 2. The second kappa shape index (κ2) is 2.84. The Balaban J connectivity index is 2.00. The van der Waals surface area contributed by atoms with Gasteiger partial charge in [-0.05, 0) is 0 Å². The van der Waals surface area contributed by atoms with Crippen LogP contribution in [-0.2, 0) is 0 Å². The summed E-state index contributed by atoms with van der Waals surface area (Å²) in [5, 5.41) is 0. The van der Waals surface area contributed by atoms with Crippen molar-refractivity contribution in [2.45, 2.75) is 43.1 Å². The Morgan fingerprint density at radius 2 is 2.25 bits per heavy atom. The first kappa shape index (κ1) is 9.25. The molecule has 72 valence electrons. The van der Waals surface area contributed by atoms with Crippen LogP contribution in [0.4, 0.5) is 0 Å². The van der Waals surface area contributed by atoms with Crippen LogP contribution in [0, 0.1) is 5.92 Å². The summed E-state index contributed by atoms with van der Waals surface area (Å²) in [5.74, 6) is 0.922. The second-order valence-corrected chi connectivity index (χ2v) is 11.3. The molecule has 2 rings (SSSR count). The summed E-state index contributed by atoms with van der Waals surface area (Å²) in [6, 6.07) is 0.905. The maximum atomic E-state index is 2.74. The molecule has 0 N–H and O–H groups in total. The van der Waals surface area contributed by atoms with E-state index in [-0.39, 0.29) is 0 Å². The first-order valence-electron chi connectivity index (χ1n) is 4.94. The van der Waals surface area contributed by atoms with E-state index in [1.807, 2.05) is 0 Å². The van der Waals surface area contributed by atoms with Crippen molar-refractivity contribution in [1.82, 2.24) is 3.11 Å². The van der Waals surface area contributed by atoms with Crippen LogP contribution in [0.5, 0.6) is 0 Å². The molecular weight excluding hydrogens is 261 g/mol. The van der Waals surface area contributed by atoms with E-state index in [9.17, 15) is 0 Å². The normalized spacial score (nSPS) is 43.8. The van der Waals surface area contributed by atoms with Gasteiger partial charge < -0.3 is 0 Å². The molecule has 0 amide bonds. The van der Waals surface area contributed by atoms with E-state index in [1.165, 1.54) is 12.8 Å². The van der Waals surface area contributed by atoms with Gasteiger partial charge in [0.25, 0.3) is 0 Å². The minimum atomic E-state index is -0.564. The van der Waals surface area contributed by atoms with Crippen molar-refractivity contribution in [1.29, 1.82) is 0 Å². The number of rotatable bonds is 2. The Kier molecular flexibility index (Phi) is 2.19. The van der Waals surface area contributed by atoms with Gasteiger partial charge in [0.1, 0.15) is 0 Å². The molecule has 0 aromatic heterocycles. The standard InChI is InChI=1S/C10H20IN/c1-8(2)5-10-6-9(3)12(4)11(10)7-10/h8-9H,5-7H2,1-4H3/t9-,10?/m0/s1. The molecule has 2 fully saturated rings. The van der Waals surface area contributed by atoms with E-state index in [2.05, 4.69) is 30.9 Å². The third kappa shape index (κ3) is 1.31. The van der Waals surface area contributed by atoms with Crippen molar-refractivity contribution in [2.75, 3.05) is 11.5 Å². The first-order valence-corrected chi connectivity index (χ1v) is 8.51. The third-order valence-electron chi connectivity index (χ3n) is 3.12. The van der Waals surface area contributed by atoms with Crippen molar-refractivity contribution in [3.8, 4) is 0 Å². The third-order valence-corrected chi connectivity index (χ3v) is 11.1. The fourth-order valence-electron chi connectivity index (χ4n) is 2.54. The number of hydrogen-bond donors (Lipinski definition) is 0. The molecule has 1 nitrogen and oxygen atoms in total. The fourth-order valence-corrected chi connectivity index (χ4v) is 11.2. The molecule has 0 saturated carbocycles. The van der Waals surface area contributed by atoms with Crippen molar-refractivity contribution in [3.05, 3.63) is 0 Å². The van der Waals surface area contributed by atoms with Gasteiger partial charge in [-0.25, -0.2) is 0 Å². The van der Waals surface area contributed by atoms with Crippen LogP contribution in [-0.4, -0.2) is 24.1 Å². The zero-order valence-corrected chi connectivity index (χ0v) is 10.8. The molecule has 2 heterocycles. The Morgan fingerprint density at radius 1 is 1.58 bits per heavy atom. The summed E-state index contributed by atoms with van der Waals surface area (Å²) in [5.41, 5.74) is 0. The predicted octanol–water partition coefficient (Wildman–Crippen LogP) is 2.93. The van der Waals surface area contributed by atoms with Crippen LogP contribution >= 0.6 is 20.1 Å². The molecule has 0 aromatic carbocycles. The van der Waals surface area contributed by atoms with Gasteiger partial charge in [-0.3, -0.25) is 0 Å². The summed E-state index contributed by atoms with van der Waals surface area (Å²) in [7, 11) is 2.37. The number of nitrogens with zero attached hydrogens (tertiary/aromatic N) is 1. The number of fused-ring (bicyclic) bond motifs is 1. The summed E-state index contributed by atoms with van der Waals surface area (Å²) in [4.78, 5) is 0. The Labute approximate surface area is 83.6 Å². The summed E-state index contributed by atoms with van der Waals surface area (Å²) >= 11 is -0.564. The average Bonchev–Trinajstić information content (AvgIpc) is 2.54. The zero-order valence-electron chi connectivity index (χ0n) is 8.60. The predicted molar refractivity (Wildman–Crippen MR) is 62.9 cm³/mol. The monoisotopic (exact) mass is 281 g/mol. The Bertz CT molecular complexity index is 188. The quantitative estimate of drug-likeness (QED) is 0.427. The number of hydrogen-bond acceptors (Lipinski definition) is 1. The molecule has 2 aliphatic heterocycles. The van der Waals surface area contributed by atoms with Crippen molar-refractivity contribution >= 4 is 20.1 Å². The molecule has 2 atom stereocenters. The fraction of sp³-hybridized carbons (Fsp3) is 1.00. The molecule has 12 heavy (non-hydrogen) atoms. The summed E-state index contributed by atoms with van der Waals surface area (Å²) in [6.45, 7) is 7.17. The van der Waals surface area contributed by atoms with Gasteiger partial charge in [0, 0.05) is 0 Å². The maximum absolute atomic E-state index is 2.74. The van der Waals surface area contributed by atoms with Gasteiger partial charge in [0.15, 0.2) is 0 Å². The zero-order chi connectivity index (χ0) is 8.93. The molecule has 0 aliphatic carbocycles. The van der Waals surface area contributed by atoms with Gasteiger partial charge >= 0.3 is 83.7 Å². The summed E-state index contributed by atoms with van der Waals surface area (Å²) < 4.78 is 5.29. The molecule has 0 spiro atoms. The molecular formula is C10H20IN. The van der Waals surface area contributed by atoms with Crippen LogP contribution in [0.3, 0.4) is 0 Å². The van der Waals surface area contributed by atoms with Crippen LogP contribution in [0.25, 0.3) is 0 Å².